The Morgan fingerprint density at radius 2 is 1.93 bits per heavy atom. The van der Waals surface area contributed by atoms with E-state index in [1.807, 2.05) is 0 Å². The molecule has 0 aliphatic carbocycles. The van der Waals surface area contributed by atoms with Crippen LogP contribution in [0.2, 0.25) is 0 Å². The van der Waals surface area contributed by atoms with Crippen molar-refractivity contribution in [3.8, 4) is 0 Å². The van der Waals surface area contributed by atoms with E-state index in [9.17, 15) is 8.42 Å². The lowest BCUT2D eigenvalue weighted by Gasteiger charge is -2.01. The number of nitrogens with zero attached hydrogens (tertiary/aromatic N) is 3. The first kappa shape index (κ1) is 12.0. The normalized spacial score (nSPS) is 10.7. The molecule has 0 aliphatic rings. The molecule has 0 radical (unpaired) electrons. The summed E-state index contributed by atoms with van der Waals surface area (Å²) in [6, 6.07) is 6.33. The summed E-state index contributed by atoms with van der Waals surface area (Å²) in [6.45, 7) is -0.0467. The highest BCUT2D eigenvalue weighted by Crippen LogP contribution is 2.15. The second kappa shape index (κ2) is 5.16. The van der Waals surface area contributed by atoms with Crippen LogP contribution in [-0.4, -0.2) is 20.7 Å². The fraction of sp³-hybridized carbons (Fsp3) is 0.250. The minimum atomic E-state index is -3.33. The van der Waals surface area contributed by atoms with Gasteiger partial charge in [0, 0.05) is 15.9 Å². The van der Waals surface area contributed by atoms with Gasteiger partial charge in [-0.15, -0.1) is 0 Å². The quantitative estimate of drug-likeness (QED) is 0.485. The molecule has 0 amide bonds. The van der Waals surface area contributed by atoms with Crippen LogP contribution in [0.15, 0.2) is 38.7 Å². The molecule has 0 fully saturated rings. The lowest BCUT2D eigenvalue weighted by atomic mass is 10.4. The lowest BCUT2D eigenvalue weighted by Crippen LogP contribution is -2.08. The van der Waals surface area contributed by atoms with Gasteiger partial charge in [-0.25, -0.2) is 8.42 Å². The molecule has 15 heavy (non-hydrogen) atoms. The van der Waals surface area contributed by atoms with Crippen LogP contribution in [-0.2, 0) is 9.84 Å². The van der Waals surface area contributed by atoms with Crippen LogP contribution in [0.4, 0.5) is 0 Å². The van der Waals surface area contributed by atoms with E-state index in [0.717, 1.165) is 4.47 Å². The number of hydrogen-bond acceptors (Lipinski definition) is 3. The van der Waals surface area contributed by atoms with Crippen molar-refractivity contribution >= 4 is 25.8 Å². The average Bonchev–Trinajstić information content (AvgIpc) is 2.18. The van der Waals surface area contributed by atoms with E-state index in [1.54, 1.807) is 12.1 Å². The standard InChI is InChI=1S/C8H8BrN3O2S/c9-7-1-3-8(4-2-7)15(13,14)6-5-11-12-10/h1-4H,5-6H2. The molecule has 0 saturated heterocycles. The highest BCUT2D eigenvalue weighted by atomic mass is 79.9. The molecule has 0 bridgehead atoms. The van der Waals surface area contributed by atoms with E-state index in [1.165, 1.54) is 12.1 Å². The van der Waals surface area contributed by atoms with E-state index < -0.39 is 9.84 Å². The zero-order chi connectivity index (χ0) is 11.3. The summed E-state index contributed by atoms with van der Waals surface area (Å²) in [5, 5.41) is 3.19. The highest BCUT2D eigenvalue weighted by molar-refractivity contribution is 9.10. The van der Waals surface area contributed by atoms with Crippen LogP contribution in [0, 0.1) is 0 Å². The van der Waals surface area contributed by atoms with Crippen LogP contribution in [0.25, 0.3) is 10.4 Å². The summed E-state index contributed by atoms with van der Waals surface area (Å²) in [5.41, 5.74) is 8.03. The van der Waals surface area contributed by atoms with Gasteiger partial charge < -0.3 is 0 Å². The van der Waals surface area contributed by atoms with Crippen molar-refractivity contribution < 1.29 is 8.42 Å². The smallest absolute Gasteiger partial charge is 0.178 e. The number of hydrogen-bond donors (Lipinski definition) is 0. The maximum atomic E-state index is 11.6. The summed E-state index contributed by atoms with van der Waals surface area (Å²) >= 11 is 3.21. The van der Waals surface area contributed by atoms with Crippen molar-refractivity contribution in [1.82, 2.24) is 0 Å². The van der Waals surface area contributed by atoms with E-state index >= 15 is 0 Å². The predicted octanol–water partition coefficient (Wildman–Crippen LogP) is 2.53. The molecule has 0 heterocycles. The molecule has 1 aromatic carbocycles. The second-order valence-corrected chi connectivity index (χ2v) is 5.75. The number of rotatable bonds is 4. The maximum Gasteiger partial charge on any atom is 0.178 e. The van der Waals surface area contributed by atoms with Gasteiger partial charge in [0.15, 0.2) is 9.84 Å². The first-order valence-electron chi connectivity index (χ1n) is 4.05. The third-order valence-electron chi connectivity index (χ3n) is 1.70. The third-order valence-corrected chi connectivity index (χ3v) is 3.94. The van der Waals surface area contributed by atoms with Gasteiger partial charge >= 0.3 is 0 Å². The Hall–Kier alpha value is -1.04. The Bertz CT molecular complexity index is 477. The summed E-state index contributed by atoms with van der Waals surface area (Å²) in [5.74, 6) is -0.168. The largest absolute Gasteiger partial charge is 0.224 e. The first-order chi connectivity index (χ1) is 7.06. The number of halogens is 1. The molecule has 1 aromatic rings. The van der Waals surface area contributed by atoms with E-state index in [0.29, 0.717) is 0 Å². The fourth-order valence-corrected chi connectivity index (χ4v) is 2.34. The van der Waals surface area contributed by atoms with Crippen molar-refractivity contribution in [2.24, 2.45) is 5.11 Å². The van der Waals surface area contributed by atoms with Crippen molar-refractivity contribution in [1.29, 1.82) is 0 Å². The molecule has 7 heteroatoms. The Labute approximate surface area is 95.8 Å². The second-order valence-electron chi connectivity index (χ2n) is 2.73. The van der Waals surface area contributed by atoms with E-state index in [-0.39, 0.29) is 17.2 Å². The summed E-state index contributed by atoms with van der Waals surface area (Å²) < 4.78 is 24.1. The Balaban J connectivity index is 2.86. The zero-order valence-corrected chi connectivity index (χ0v) is 10.1. The molecule has 0 aromatic heterocycles. The van der Waals surface area contributed by atoms with Gasteiger partial charge in [-0.05, 0) is 29.8 Å². The molecule has 0 atom stereocenters. The van der Waals surface area contributed by atoms with Gasteiger partial charge in [0.25, 0.3) is 0 Å². The van der Waals surface area contributed by atoms with Gasteiger partial charge in [0.05, 0.1) is 10.6 Å². The maximum absolute atomic E-state index is 11.6. The van der Waals surface area contributed by atoms with Crippen LogP contribution in [0.1, 0.15) is 0 Å². The van der Waals surface area contributed by atoms with Crippen molar-refractivity contribution in [3.63, 3.8) is 0 Å². The number of azide groups is 1. The van der Waals surface area contributed by atoms with E-state index in [2.05, 4.69) is 26.0 Å². The molecule has 5 nitrogen and oxygen atoms in total. The topological polar surface area (TPSA) is 82.9 Å². The van der Waals surface area contributed by atoms with Crippen LogP contribution >= 0.6 is 15.9 Å². The predicted molar refractivity (Wildman–Crippen MR) is 60.2 cm³/mol. The number of sulfone groups is 1. The SMILES string of the molecule is [N-]=[N+]=NCCS(=O)(=O)c1ccc(Br)cc1. The van der Waals surface area contributed by atoms with Crippen molar-refractivity contribution in [2.45, 2.75) is 4.90 Å². The molecule has 1 rings (SSSR count). The van der Waals surface area contributed by atoms with Crippen molar-refractivity contribution in [3.05, 3.63) is 39.2 Å². The summed E-state index contributed by atoms with van der Waals surface area (Å²) in [7, 11) is -3.33. The van der Waals surface area contributed by atoms with Gasteiger partial charge in [-0.3, -0.25) is 0 Å². The van der Waals surface area contributed by atoms with Crippen LogP contribution in [0.5, 0.6) is 0 Å². The molecule has 80 valence electrons. The molecule has 0 N–H and O–H groups in total. The molecule has 0 unspecified atom stereocenters. The highest BCUT2D eigenvalue weighted by Gasteiger charge is 2.12. The number of benzene rings is 1. The monoisotopic (exact) mass is 289 g/mol. The fourth-order valence-electron chi connectivity index (χ4n) is 0.966. The average molecular weight is 290 g/mol. The summed E-state index contributed by atoms with van der Waals surface area (Å²) in [4.78, 5) is 2.73. The van der Waals surface area contributed by atoms with E-state index in [4.69, 9.17) is 5.53 Å². The molecule has 0 aliphatic heterocycles. The Morgan fingerprint density at radius 1 is 1.33 bits per heavy atom. The lowest BCUT2D eigenvalue weighted by molar-refractivity contribution is 0.596. The third kappa shape index (κ3) is 3.54. The minimum Gasteiger partial charge on any atom is -0.224 e. The molecule has 0 spiro atoms. The van der Waals surface area contributed by atoms with Gasteiger partial charge in [0.1, 0.15) is 0 Å². The zero-order valence-electron chi connectivity index (χ0n) is 7.67. The van der Waals surface area contributed by atoms with Gasteiger partial charge in [-0.1, -0.05) is 21.0 Å². The van der Waals surface area contributed by atoms with Crippen LogP contribution in [0.3, 0.4) is 0 Å². The Morgan fingerprint density at radius 3 is 2.47 bits per heavy atom. The van der Waals surface area contributed by atoms with Crippen molar-refractivity contribution in [2.75, 3.05) is 12.3 Å². The Kier molecular flexibility index (Phi) is 4.14. The molecular formula is C8H8BrN3O2S. The minimum absolute atomic E-state index is 0.0467. The molecular weight excluding hydrogens is 282 g/mol. The van der Waals surface area contributed by atoms with Gasteiger partial charge in [0.2, 0.25) is 0 Å². The van der Waals surface area contributed by atoms with Gasteiger partial charge in [-0.2, -0.15) is 0 Å². The summed E-state index contributed by atoms with van der Waals surface area (Å²) in [6.07, 6.45) is 0. The molecule has 0 saturated carbocycles. The first-order valence-corrected chi connectivity index (χ1v) is 6.50. The van der Waals surface area contributed by atoms with Crippen LogP contribution < -0.4 is 0 Å².